The van der Waals surface area contributed by atoms with Crippen LogP contribution in [0.2, 0.25) is 0 Å². The molecule has 1 aromatic heterocycles. The topological polar surface area (TPSA) is 59.5 Å². The van der Waals surface area contributed by atoms with Gasteiger partial charge in [-0.1, -0.05) is 13.0 Å². The van der Waals surface area contributed by atoms with Crippen LogP contribution in [0.5, 0.6) is 0 Å². The highest BCUT2D eigenvalue weighted by molar-refractivity contribution is 5.94. The Bertz CT molecular complexity index is 800. The second-order valence-electron chi connectivity index (χ2n) is 5.69. The highest BCUT2D eigenvalue weighted by atomic mass is 19.2. The molecule has 2 aromatic rings. The largest absolute Gasteiger partial charge is 0.469 e. The molecule has 5 nitrogen and oxygen atoms in total. The van der Waals surface area contributed by atoms with Gasteiger partial charge in [-0.05, 0) is 23.8 Å². The smallest absolute Gasteiger partial charge is 0.310 e. The quantitative estimate of drug-likeness (QED) is 0.583. The first-order valence-electron chi connectivity index (χ1n) is 7.74. The van der Waals surface area contributed by atoms with E-state index in [1.807, 2.05) is 0 Å². The summed E-state index contributed by atoms with van der Waals surface area (Å²) in [7, 11) is 1.21. The number of esters is 1. The Hall–Kier alpha value is -2.90. The fourth-order valence-electron chi connectivity index (χ4n) is 2.40. The lowest BCUT2D eigenvalue weighted by molar-refractivity contribution is -0.145. The number of pyridine rings is 1. The molecule has 0 bridgehead atoms. The first-order chi connectivity index (χ1) is 12.3. The van der Waals surface area contributed by atoms with E-state index in [9.17, 15) is 22.8 Å². The van der Waals surface area contributed by atoms with Gasteiger partial charge in [0.1, 0.15) is 0 Å². The SMILES string of the molecule is COC(=O)C(C)CN(Cc1cccnc1)C(=O)c1ccc(F)c(F)c1F. The van der Waals surface area contributed by atoms with Crippen molar-refractivity contribution in [1.29, 1.82) is 0 Å². The summed E-state index contributed by atoms with van der Waals surface area (Å²) in [6.07, 6.45) is 3.05. The van der Waals surface area contributed by atoms with Crippen LogP contribution >= 0.6 is 0 Å². The summed E-state index contributed by atoms with van der Waals surface area (Å²) in [4.78, 5) is 29.5. The van der Waals surface area contributed by atoms with Gasteiger partial charge in [0, 0.05) is 25.5 Å². The number of aromatic nitrogens is 1. The van der Waals surface area contributed by atoms with Gasteiger partial charge in [0.15, 0.2) is 17.5 Å². The molecule has 0 fully saturated rings. The maximum absolute atomic E-state index is 14.0. The molecule has 26 heavy (non-hydrogen) atoms. The molecule has 0 radical (unpaired) electrons. The second kappa shape index (κ2) is 8.46. The van der Waals surface area contributed by atoms with Crippen LogP contribution in [0.1, 0.15) is 22.8 Å². The summed E-state index contributed by atoms with van der Waals surface area (Å²) >= 11 is 0. The number of carbonyl (C=O) groups is 2. The van der Waals surface area contributed by atoms with Gasteiger partial charge in [-0.15, -0.1) is 0 Å². The van der Waals surface area contributed by atoms with Crippen LogP contribution in [0, 0.1) is 23.4 Å². The molecule has 1 amide bonds. The number of amides is 1. The molecule has 2 rings (SSSR count). The molecule has 0 aliphatic carbocycles. The first kappa shape index (κ1) is 19.4. The Labute approximate surface area is 148 Å². The number of hydrogen-bond acceptors (Lipinski definition) is 4. The van der Waals surface area contributed by atoms with Crippen molar-refractivity contribution in [2.24, 2.45) is 5.92 Å². The van der Waals surface area contributed by atoms with Gasteiger partial charge in [0.25, 0.3) is 5.91 Å². The van der Waals surface area contributed by atoms with E-state index in [1.54, 1.807) is 18.3 Å². The van der Waals surface area contributed by atoms with Crippen molar-refractivity contribution >= 4 is 11.9 Å². The van der Waals surface area contributed by atoms with Crippen LogP contribution in [0.25, 0.3) is 0 Å². The lowest BCUT2D eigenvalue weighted by Gasteiger charge is -2.25. The number of hydrogen-bond donors (Lipinski definition) is 0. The van der Waals surface area contributed by atoms with Crippen molar-refractivity contribution in [3.05, 3.63) is 65.2 Å². The van der Waals surface area contributed by atoms with Crippen LogP contribution in [-0.2, 0) is 16.1 Å². The number of benzene rings is 1. The van der Waals surface area contributed by atoms with E-state index in [0.29, 0.717) is 11.6 Å². The van der Waals surface area contributed by atoms with E-state index in [2.05, 4.69) is 9.72 Å². The molecular formula is C18H17F3N2O3. The Kier molecular flexibility index (Phi) is 6.32. The molecule has 8 heteroatoms. The van der Waals surface area contributed by atoms with Gasteiger partial charge < -0.3 is 9.64 Å². The molecule has 0 N–H and O–H groups in total. The van der Waals surface area contributed by atoms with E-state index in [1.165, 1.54) is 20.2 Å². The third-order valence-corrected chi connectivity index (χ3v) is 3.75. The van der Waals surface area contributed by atoms with Crippen molar-refractivity contribution in [1.82, 2.24) is 9.88 Å². The van der Waals surface area contributed by atoms with Gasteiger partial charge in [0.2, 0.25) is 0 Å². The average molecular weight is 366 g/mol. The molecule has 138 valence electrons. The molecule has 1 heterocycles. The number of carbonyl (C=O) groups excluding carboxylic acids is 2. The molecule has 0 spiro atoms. The molecule has 1 aromatic carbocycles. The predicted octanol–water partition coefficient (Wildman–Crippen LogP) is 2.95. The minimum absolute atomic E-state index is 0.00639. The Balaban J connectivity index is 2.34. The summed E-state index contributed by atoms with van der Waals surface area (Å²) in [6, 6.07) is 4.89. The molecule has 1 atom stereocenters. The van der Waals surface area contributed by atoms with E-state index in [-0.39, 0.29) is 13.1 Å². The normalized spacial score (nSPS) is 11.7. The van der Waals surface area contributed by atoms with Crippen LogP contribution in [0.15, 0.2) is 36.7 Å². The first-order valence-corrected chi connectivity index (χ1v) is 7.74. The zero-order valence-corrected chi connectivity index (χ0v) is 14.2. The third kappa shape index (κ3) is 4.38. The van der Waals surface area contributed by atoms with Crippen molar-refractivity contribution in [3.8, 4) is 0 Å². The van der Waals surface area contributed by atoms with Crippen LogP contribution < -0.4 is 0 Å². The van der Waals surface area contributed by atoms with E-state index >= 15 is 0 Å². The maximum atomic E-state index is 14.0. The number of methoxy groups -OCH3 is 1. The lowest BCUT2D eigenvalue weighted by atomic mass is 10.1. The summed E-state index contributed by atoms with van der Waals surface area (Å²) in [5.74, 6) is -6.81. The van der Waals surface area contributed by atoms with E-state index < -0.39 is 40.8 Å². The summed E-state index contributed by atoms with van der Waals surface area (Å²) < 4.78 is 45.2. The Morgan fingerprint density at radius 3 is 2.54 bits per heavy atom. The summed E-state index contributed by atoms with van der Waals surface area (Å²) in [5.41, 5.74) is 0.00534. The second-order valence-corrected chi connectivity index (χ2v) is 5.69. The van der Waals surface area contributed by atoms with Gasteiger partial charge in [0.05, 0.1) is 18.6 Å². The average Bonchev–Trinajstić information content (AvgIpc) is 2.65. The zero-order chi connectivity index (χ0) is 19.3. The van der Waals surface area contributed by atoms with Crippen molar-refractivity contribution < 1.29 is 27.5 Å². The zero-order valence-electron chi connectivity index (χ0n) is 14.2. The molecule has 0 saturated heterocycles. The van der Waals surface area contributed by atoms with E-state index in [4.69, 9.17) is 0 Å². The highest BCUT2D eigenvalue weighted by Crippen LogP contribution is 2.19. The van der Waals surface area contributed by atoms with Gasteiger partial charge in [-0.3, -0.25) is 14.6 Å². The van der Waals surface area contributed by atoms with Crippen LogP contribution in [0.3, 0.4) is 0 Å². The molecule has 0 saturated carbocycles. The molecule has 0 aliphatic rings. The number of nitrogens with zero attached hydrogens (tertiary/aromatic N) is 2. The van der Waals surface area contributed by atoms with Crippen LogP contribution in [-0.4, -0.2) is 35.4 Å². The van der Waals surface area contributed by atoms with Gasteiger partial charge >= 0.3 is 5.97 Å². The lowest BCUT2D eigenvalue weighted by Crippen LogP contribution is -2.37. The van der Waals surface area contributed by atoms with Crippen molar-refractivity contribution in [2.45, 2.75) is 13.5 Å². The minimum atomic E-state index is -1.72. The van der Waals surface area contributed by atoms with Crippen molar-refractivity contribution in [2.75, 3.05) is 13.7 Å². The number of halogens is 3. The molecule has 0 aliphatic heterocycles. The predicted molar refractivity (Wildman–Crippen MR) is 86.5 cm³/mol. The molecule has 1 unspecified atom stereocenters. The number of rotatable bonds is 6. The molecular weight excluding hydrogens is 349 g/mol. The van der Waals surface area contributed by atoms with Gasteiger partial charge in [-0.2, -0.15) is 0 Å². The number of ether oxygens (including phenoxy) is 1. The Morgan fingerprint density at radius 1 is 1.19 bits per heavy atom. The van der Waals surface area contributed by atoms with Crippen molar-refractivity contribution in [3.63, 3.8) is 0 Å². The van der Waals surface area contributed by atoms with Crippen LogP contribution in [0.4, 0.5) is 13.2 Å². The monoisotopic (exact) mass is 366 g/mol. The van der Waals surface area contributed by atoms with Gasteiger partial charge in [-0.25, -0.2) is 13.2 Å². The highest BCUT2D eigenvalue weighted by Gasteiger charge is 2.26. The minimum Gasteiger partial charge on any atom is -0.469 e. The Morgan fingerprint density at radius 2 is 1.92 bits per heavy atom. The fraction of sp³-hybridized carbons (Fsp3) is 0.278. The summed E-state index contributed by atoms with van der Waals surface area (Å²) in [6.45, 7) is 1.45. The maximum Gasteiger partial charge on any atom is 0.310 e. The standard InChI is InChI=1S/C18H17F3N2O3/c1-11(18(25)26-2)9-23(10-12-4-3-7-22-8-12)17(24)13-5-6-14(19)16(21)15(13)20/h3-8,11H,9-10H2,1-2H3. The summed E-state index contributed by atoms with van der Waals surface area (Å²) in [5, 5.41) is 0. The fourth-order valence-corrected chi connectivity index (χ4v) is 2.40. The van der Waals surface area contributed by atoms with E-state index in [0.717, 1.165) is 11.0 Å². The third-order valence-electron chi connectivity index (χ3n) is 3.75.